The molecule has 0 saturated carbocycles. The SMILES string of the molecule is COc1ccc(CC(=O)N2CCOC(Cc3ccccc3)C2)cc1OC. The molecule has 5 heteroatoms. The number of benzene rings is 2. The number of ether oxygens (including phenoxy) is 3. The quantitative estimate of drug-likeness (QED) is 0.799. The molecule has 1 fully saturated rings. The Morgan fingerprint density at radius 2 is 1.85 bits per heavy atom. The van der Waals surface area contributed by atoms with Gasteiger partial charge in [0.15, 0.2) is 11.5 Å². The van der Waals surface area contributed by atoms with E-state index in [2.05, 4.69) is 12.1 Å². The highest BCUT2D eigenvalue weighted by Crippen LogP contribution is 2.28. The summed E-state index contributed by atoms with van der Waals surface area (Å²) in [5.74, 6) is 1.42. The number of hydrogen-bond acceptors (Lipinski definition) is 4. The van der Waals surface area contributed by atoms with E-state index in [4.69, 9.17) is 14.2 Å². The van der Waals surface area contributed by atoms with Crippen molar-refractivity contribution < 1.29 is 19.0 Å². The molecule has 0 bridgehead atoms. The van der Waals surface area contributed by atoms with E-state index in [1.165, 1.54) is 5.56 Å². The van der Waals surface area contributed by atoms with Crippen molar-refractivity contribution in [1.29, 1.82) is 0 Å². The molecule has 1 atom stereocenters. The van der Waals surface area contributed by atoms with Gasteiger partial charge in [0, 0.05) is 19.5 Å². The number of rotatable bonds is 6. The first-order valence-corrected chi connectivity index (χ1v) is 8.84. The van der Waals surface area contributed by atoms with E-state index in [1.54, 1.807) is 14.2 Å². The Labute approximate surface area is 154 Å². The second-order valence-corrected chi connectivity index (χ2v) is 6.39. The highest BCUT2D eigenvalue weighted by Gasteiger charge is 2.24. The predicted octanol–water partition coefficient (Wildman–Crippen LogP) is 2.72. The van der Waals surface area contributed by atoms with E-state index in [-0.39, 0.29) is 12.0 Å². The number of amides is 1. The Kier molecular flexibility index (Phi) is 6.12. The van der Waals surface area contributed by atoms with Gasteiger partial charge in [-0.3, -0.25) is 4.79 Å². The van der Waals surface area contributed by atoms with Crippen molar-refractivity contribution in [2.75, 3.05) is 33.9 Å². The van der Waals surface area contributed by atoms with Gasteiger partial charge in [0.25, 0.3) is 0 Å². The fourth-order valence-electron chi connectivity index (χ4n) is 3.22. The maximum atomic E-state index is 12.7. The van der Waals surface area contributed by atoms with Crippen molar-refractivity contribution in [2.24, 2.45) is 0 Å². The molecule has 1 unspecified atom stereocenters. The first-order valence-electron chi connectivity index (χ1n) is 8.84. The van der Waals surface area contributed by atoms with E-state index in [0.717, 1.165) is 12.0 Å². The summed E-state index contributed by atoms with van der Waals surface area (Å²) in [6, 6.07) is 15.8. The first-order chi connectivity index (χ1) is 12.7. The summed E-state index contributed by atoms with van der Waals surface area (Å²) >= 11 is 0. The monoisotopic (exact) mass is 355 g/mol. The molecule has 1 heterocycles. The molecule has 0 aliphatic carbocycles. The molecular weight excluding hydrogens is 330 g/mol. The summed E-state index contributed by atoms with van der Waals surface area (Å²) in [5.41, 5.74) is 2.14. The van der Waals surface area contributed by atoms with Crippen LogP contribution in [0.4, 0.5) is 0 Å². The zero-order chi connectivity index (χ0) is 18.4. The smallest absolute Gasteiger partial charge is 0.227 e. The number of carbonyl (C=O) groups excluding carboxylic acids is 1. The summed E-state index contributed by atoms with van der Waals surface area (Å²) in [6.07, 6.45) is 1.21. The highest BCUT2D eigenvalue weighted by atomic mass is 16.5. The summed E-state index contributed by atoms with van der Waals surface area (Å²) in [7, 11) is 3.20. The minimum absolute atomic E-state index is 0.0421. The standard InChI is InChI=1S/C21H25NO4/c1-24-19-9-8-17(13-20(19)25-2)14-21(23)22-10-11-26-18(15-22)12-16-6-4-3-5-7-16/h3-9,13,18H,10-12,14-15H2,1-2H3. The lowest BCUT2D eigenvalue weighted by Crippen LogP contribution is -2.46. The van der Waals surface area contributed by atoms with Gasteiger partial charge < -0.3 is 19.1 Å². The van der Waals surface area contributed by atoms with Crippen LogP contribution >= 0.6 is 0 Å². The maximum absolute atomic E-state index is 12.7. The molecule has 5 nitrogen and oxygen atoms in total. The third kappa shape index (κ3) is 4.55. The van der Waals surface area contributed by atoms with Crippen molar-refractivity contribution >= 4 is 5.91 Å². The van der Waals surface area contributed by atoms with Crippen LogP contribution < -0.4 is 9.47 Å². The van der Waals surface area contributed by atoms with Crippen molar-refractivity contribution in [2.45, 2.75) is 18.9 Å². The van der Waals surface area contributed by atoms with Crippen LogP contribution in [-0.2, 0) is 22.4 Å². The van der Waals surface area contributed by atoms with Crippen molar-refractivity contribution in [1.82, 2.24) is 4.90 Å². The molecule has 3 rings (SSSR count). The zero-order valence-corrected chi connectivity index (χ0v) is 15.3. The first kappa shape index (κ1) is 18.3. The lowest BCUT2D eigenvalue weighted by Gasteiger charge is -2.33. The minimum Gasteiger partial charge on any atom is -0.493 e. The molecule has 0 N–H and O–H groups in total. The van der Waals surface area contributed by atoms with Crippen LogP contribution in [0.2, 0.25) is 0 Å². The topological polar surface area (TPSA) is 48.0 Å². The fraction of sp³-hybridized carbons (Fsp3) is 0.381. The fourth-order valence-corrected chi connectivity index (χ4v) is 3.22. The lowest BCUT2D eigenvalue weighted by atomic mass is 10.1. The Balaban J connectivity index is 1.60. The van der Waals surface area contributed by atoms with Gasteiger partial charge in [-0.25, -0.2) is 0 Å². The molecule has 0 radical (unpaired) electrons. The Morgan fingerprint density at radius 3 is 2.58 bits per heavy atom. The highest BCUT2D eigenvalue weighted by molar-refractivity contribution is 5.79. The van der Waals surface area contributed by atoms with Crippen LogP contribution in [-0.4, -0.2) is 50.8 Å². The minimum atomic E-state index is 0.0421. The second kappa shape index (κ2) is 8.72. The van der Waals surface area contributed by atoms with Gasteiger partial charge in [-0.2, -0.15) is 0 Å². The number of carbonyl (C=O) groups is 1. The normalized spacial score (nSPS) is 17.0. The van der Waals surface area contributed by atoms with Gasteiger partial charge in [0.2, 0.25) is 5.91 Å². The van der Waals surface area contributed by atoms with Crippen LogP contribution in [0, 0.1) is 0 Å². The van der Waals surface area contributed by atoms with Crippen LogP contribution in [0.3, 0.4) is 0 Å². The number of morpholine rings is 1. The molecule has 1 aliphatic heterocycles. The average Bonchev–Trinajstić information content (AvgIpc) is 2.69. The van der Waals surface area contributed by atoms with Crippen molar-refractivity contribution in [3.8, 4) is 11.5 Å². The van der Waals surface area contributed by atoms with E-state index in [0.29, 0.717) is 37.6 Å². The summed E-state index contributed by atoms with van der Waals surface area (Å²) in [5, 5.41) is 0. The molecule has 0 aromatic heterocycles. The van der Waals surface area contributed by atoms with Crippen molar-refractivity contribution in [3.05, 3.63) is 59.7 Å². The Hall–Kier alpha value is -2.53. The van der Waals surface area contributed by atoms with E-state index >= 15 is 0 Å². The molecule has 1 saturated heterocycles. The van der Waals surface area contributed by atoms with E-state index in [9.17, 15) is 4.79 Å². The summed E-state index contributed by atoms with van der Waals surface area (Å²) in [6.45, 7) is 1.84. The van der Waals surface area contributed by atoms with Crippen LogP contribution in [0.25, 0.3) is 0 Å². The van der Waals surface area contributed by atoms with Gasteiger partial charge >= 0.3 is 0 Å². The summed E-state index contributed by atoms with van der Waals surface area (Å²) in [4.78, 5) is 14.6. The lowest BCUT2D eigenvalue weighted by molar-refractivity contribution is -0.138. The molecule has 0 spiro atoms. The number of methoxy groups -OCH3 is 2. The number of nitrogens with zero attached hydrogens (tertiary/aromatic N) is 1. The van der Waals surface area contributed by atoms with Gasteiger partial charge in [-0.15, -0.1) is 0 Å². The molecule has 26 heavy (non-hydrogen) atoms. The second-order valence-electron chi connectivity index (χ2n) is 6.39. The molecular formula is C21H25NO4. The van der Waals surface area contributed by atoms with Crippen LogP contribution in [0.15, 0.2) is 48.5 Å². The van der Waals surface area contributed by atoms with Gasteiger partial charge in [-0.1, -0.05) is 36.4 Å². The Morgan fingerprint density at radius 1 is 1.08 bits per heavy atom. The van der Waals surface area contributed by atoms with Crippen molar-refractivity contribution in [3.63, 3.8) is 0 Å². The Bertz CT molecular complexity index is 732. The van der Waals surface area contributed by atoms with Crippen LogP contribution in [0.1, 0.15) is 11.1 Å². The maximum Gasteiger partial charge on any atom is 0.227 e. The van der Waals surface area contributed by atoms with Gasteiger partial charge in [0.05, 0.1) is 33.4 Å². The molecule has 2 aromatic rings. The zero-order valence-electron chi connectivity index (χ0n) is 15.3. The molecule has 2 aromatic carbocycles. The predicted molar refractivity (Wildman–Crippen MR) is 99.7 cm³/mol. The van der Waals surface area contributed by atoms with Gasteiger partial charge in [-0.05, 0) is 23.3 Å². The average molecular weight is 355 g/mol. The molecule has 1 aliphatic rings. The van der Waals surface area contributed by atoms with Gasteiger partial charge in [0.1, 0.15) is 0 Å². The third-order valence-corrected chi connectivity index (χ3v) is 4.60. The largest absolute Gasteiger partial charge is 0.493 e. The van der Waals surface area contributed by atoms with Crippen LogP contribution in [0.5, 0.6) is 11.5 Å². The molecule has 138 valence electrons. The van der Waals surface area contributed by atoms with E-state index < -0.39 is 0 Å². The number of hydrogen-bond donors (Lipinski definition) is 0. The summed E-state index contributed by atoms with van der Waals surface area (Å²) < 4.78 is 16.4. The van der Waals surface area contributed by atoms with E-state index in [1.807, 2.05) is 41.3 Å². The third-order valence-electron chi connectivity index (χ3n) is 4.60. The molecule has 1 amide bonds.